The number of halogens is 1. The van der Waals surface area contributed by atoms with Crippen LogP contribution in [0.25, 0.3) is 0 Å². The van der Waals surface area contributed by atoms with Gasteiger partial charge in [0.05, 0.1) is 19.8 Å². The van der Waals surface area contributed by atoms with Gasteiger partial charge in [-0.05, 0) is 104 Å². The Labute approximate surface area is 318 Å². The number of carbonyl (C=O) groups is 3. The molecule has 0 radical (unpaired) electrons. The monoisotopic (exact) mass is 740 g/mol. The molecule has 3 aromatic carbocycles. The van der Waals surface area contributed by atoms with E-state index in [4.69, 9.17) is 21.1 Å². The third-order valence-corrected chi connectivity index (χ3v) is 11.7. The Morgan fingerprint density at radius 3 is 2.28 bits per heavy atom. The van der Waals surface area contributed by atoms with Crippen LogP contribution < -0.4 is 5.32 Å². The topological polar surface area (TPSA) is 91.4 Å². The second-order valence-corrected chi connectivity index (χ2v) is 16.6. The van der Waals surface area contributed by atoms with Crippen molar-refractivity contribution in [2.45, 2.75) is 102 Å². The third kappa shape index (κ3) is 8.90. The third-order valence-electron chi connectivity index (χ3n) is 11.5. The van der Waals surface area contributed by atoms with Crippen molar-refractivity contribution in [3.63, 3.8) is 0 Å². The van der Waals surface area contributed by atoms with Gasteiger partial charge in [0.2, 0.25) is 11.8 Å². The van der Waals surface area contributed by atoms with E-state index in [1.54, 1.807) is 12.1 Å². The summed E-state index contributed by atoms with van der Waals surface area (Å²) in [5.41, 5.74) is 6.59. The summed E-state index contributed by atoms with van der Waals surface area (Å²) >= 11 is 6.21. The Morgan fingerprint density at radius 1 is 0.868 bits per heavy atom. The second kappa shape index (κ2) is 16.2. The van der Waals surface area contributed by atoms with Crippen molar-refractivity contribution in [2.24, 2.45) is 0 Å². The number of hydrogen-bond acceptors (Lipinski definition) is 6. The molecule has 1 aliphatic carbocycles. The molecule has 0 bridgehead atoms. The number of hydrogen-bond donors (Lipinski definition) is 1. The molecule has 7 rings (SSSR count). The number of piperidine rings is 1. The minimum absolute atomic E-state index is 0.103. The maximum absolute atomic E-state index is 14.4. The van der Waals surface area contributed by atoms with Crippen molar-refractivity contribution in [1.82, 2.24) is 20.0 Å². The maximum atomic E-state index is 14.4. The average Bonchev–Trinajstić information content (AvgIpc) is 3.17. The van der Waals surface area contributed by atoms with Gasteiger partial charge in [0.1, 0.15) is 17.7 Å². The minimum atomic E-state index is -0.823. The van der Waals surface area contributed by atoms with E-state index in [9.17, 15) is 14.4 Å². The maximum Gasteiger partial charge on any atom is 0.411 e. The quantitative estimate of drug-likeness (QED) is 0.305. The summed E-state index contributed by atoms with van der Waals surface area (Å²) in [5, 5.41) is 3.73. The number of fused-ring (bicyclic) bond motifs is 2. The molecule has 2 saturated heterocycles. The first-order chi connectivity index (χ1) is 25.5. The molecule has 9 nitrogen and oxygen atoms in total. The zero-order valence-corrected chi connectivity index (χ0v) is 32.1. The normalized spacial score (nSPS) is 21.7. The van der Waals surface area contributed by atoms with Gasteiger partial charge in [0, 0.05) is 50.1 Å². The molecule has 3 aromatic rings. The molecular weight excluding hydrogens is 688 g/mol. The number of likely N-dealkylation sites (tertiary alicyclic amines) is 1. The van der Waals surface area contributed by atoms with Crippen LogP contribution in [0.1, 0.15) is 79.3 Å². The van der Waals surface area contributed by atoms with Gasteiger partial charge in [-0.2, -0.15) is 0 Å². The van der Waals surface area contributed by atoms with E-state index in [1.807, 2.05) is 62.1 Å². The number of carbonyl (C=O) groups excluding carboxylic acids is 3. The zero-order chi connectivity index (χ0) is 37.1. The van der Waals surface area contributed by atoms with E-state index < -0.39 is 23.8 Å². The van der Waals surface area contributed by atoms with Crippen LogP contribution in [-0.4, -0.2) is 95.7 Å². The second-order valence-electron chi connectivity index (χ2n) is 16.1. The van der Waals surface area contributed by atoms with E-state index >= 15 is 0 Å². The highest BCUT2D eigenvalue weighted by Crippen LogP contribution is 2.36. The lowest BCUT2D eigenvalue weighted by Crippen LogP contribution is -2.58. The number of benzene rings is 3. The fraction of sp³-hybridized carbons (Fsp3) is 0.512. The lowest BCUT2D eigenvalue weighted by atomic mass is 9.78. The standard InChI is InChI=1S/C43H53ClN4O5/c1-43(2,3)53-42(51)48-28-33-8-5-4-7-32(33)26-39(48)40(49)45-38(25-29-11-14-34(44)15-12-29)41(50)47-19-17-31(18-20-47)36-10-6-9-30-13-16-35(27-37(30)36)46-21-23-52-24-22-46/h4-12,14-15,31,35,38-39H,13,16-28H2,1-3H3,(H,45,49)/t35?,38-,39-/m1/s1. The SMILES string of the molecule is CC(C)(C)OC(=O)N1Cc2ccccc2C[C@@H]1C(=O)N[C@H](Cc1ccc(Cl)cc1)C(=O)N1CCC(c2cccc3c2CC(N2CCOCC2)CC3)CC1. The Morgan fingerprint density at radius 2 is 1.57 bits per heavy atom. The number of nitrogens with zero attached hydrogens (tertiary/aromatic N) is 3. The van der Waals surface area contributed by atoms with Crippen LogP contribution in [0, 0.1) is 0 Å². The van der Waals surface area contributed by atoms with Crippen LogP contribution in [0.5, 0.6) is 0 Å². The van der Waals surface area contributed by atoms with E-state index in [-0.39, 0.29) is 18.4 Å². The summed E-state index contributed by atoms with van der Waals surface area (Å²) in [6.07, 6.45) is 5.21. The molecule has 0 spiro atoms. The van der Waals surface area contributed by atoms with Gasteiger partial charge < -0.3 is 19.7 Å². The summed E-state index contributed by atoms with van der Waals surface area (Å²) in [4.78, 5) is 48.3. The summed E-state index contributed by atoms with van der Waals surface area (Å²) < 4.78 is 11.4. The molecule has 1 unspecified atom stereocenters. The molecule has 4 aliphatic rings. The minimum Gasteiger partial charge on any atom is -0.444 e. The van der Waals surface area contributed by atoms with Crippen molar-refractivity contribution in [3.8, 4) is 0 Å². The van der Waals surface area contributed by atoms with Gasteiger partial charge in [0.25, 0.3) is 0 Å². The van der Waals surface area contributed by atoms with Crippen LogP contribution in [0.2, 0.25) is 5.02 Å². The Balaban J connectivity index is 1.07. The molecule has 2 fully saturated rings. The van der Waals surface area contributed by atoms with Crippen LogP contribution >= 0.6 is 11.6 Å². The van der Waals surface area contributed by atoms with Crippen molar-refractivity contribution in [2.75, 3.05) is 39.4 Å². The molecule has 3 heterocycles. The Hall–Kier alpha value is -3.92. The number of amides is 3. The summed E-state index contributed by atoms with van der Waals surface area (Å²) in [6.45, 7) is 10.6. The highest BCUT2D eigenvalue weighted by Gasteiger charge is 2.39. The van der Waals surface area contributed by atoms with Crippen molar-refractivity contribution < 1.29 is 23.9 Å². The van der Waals surface area contributed by atoms with Gasteiger partial charge in [-0.3, -0.25) is 19.4 Å². The average molecular weight is 741 g/mol. The van der Waals surface area contributed by atoms with Crippen molar-refractivity contribution >= 4 is 29.5 Å². The molecular formula is C43H53ClN4O5. The molecule has 53 heavy (non-hydrogen) atoms. The van der Waals surface area contributed by atoms with Crippen LogP contribution in [0.15, 0.2) is 66.7 Å². The highest BCUT2D eigenvalue weighted by molar-refractivity contribution is 6.30. The first-order valence-electron chi connectivity index (χ1n) is 19.3. The van der Waals surface area contributed by atoms with E-state index in [0.717, 1.165) is 68.7 Å². The van der Waals surface area contributed by atoms with Gasteiger partial charge >= 0.3 is 6.09 Å². The molecule has 1 N–H and O–H groups in total. The molecule has 282 valence electrons. The van der Waals surface area contributed by atoms with E-state index in [2.05, 4.69) is 28.4 Å². The molecule has 3 atom stereocenters. The summed E-state index contributed by atoms with van der Waals surface area (Å²) in [6, 6.07) is 21.0. The Bertz CT molecular complexity index is 1780. The molecule has 3 aliphatic heterocycles. The molecule has 10 heteroatoms. The van der Waals surface area contributed by atoms with Gasteiger partial charge in [-0.15, -0.1) is 0 Å². The predicted octanol–water partition coefficient (Wildman–Crippen LogP) is 6.33. The highest BCUT2D eigenvalue weighted by atomic mass is 35.5. The van der Waals surface area contributed by atoms with Crippen LogP contribution in [0.4, 0.5) is 4.79 Å². The summed E-state index contributed by atoms with van der Waals surface area (Å²) in [7, 11) is 0. The largest absolute Gasteiger partial charge is 0.444 e. The molecule has 0 saturated carbocycles. The van der Waals surface area contributed by atoms with Gasteiger partial charge in [-0.25, -0.2) is 4.79 Å². The summed E-state index contributed by atoms with van der Waals surface area (Å²) in [5.74, 6) is -0.0843. The van der Waals surface area contributed by atoms with Crippen molar-refractivity contribution in [1.29, 1.82) is 0 Å². The van der Waals surface area contributed by atoms with Gasteiger partial charge in [-0.1, -0.05) is 66.2 Å². The number of ether oxygens (including phenoxy) is 2. The zero-order valence-electron chi connectivity index (χ0n) is 31.3. The molecule has 0 aromatic heterocycles. The van der Waals surface area contributed by atoms with E-state index in [0.29, 0.717) is 42.9 Å². The first kappa shape index (κ1) is 37.4. The first-order valence-corrected chi connectivity index (χ1v) is 19.7. The lowest BCUT2D eigenvalue weighted by Gasteiger charge is -2.40. The van der Waals surface area contributed by atoms with Crippen molar-refractivity contribution in [3.05, 3.63) is 105 Å². The lowest BCUT2D eigenvalue weighted by molar-refractivity contribution is -0.138. The van der Waals surface area contributed by atoms with Crippen LogP contribution in [0.3, 0.4) is 0 Å². The smallest absolute Gasteiger partial charge is 0.411 e. The fourth-order valence-electron chi connectivity index (χ4n) is 8.66. The fourth-order valence-corrected chi connectivity index (χ4v) is 8.79. The van der Waals surface area contributed by atoms with Crippen LogP contribution in [-0.2, 0) is 51.3 Å². The number of aryl methyl sites for hydroxylation is 1. The number of rotatable bonds is 7. The molecule has 3 amide bonds. The predicted molar refractivity (Wildman–Crippen MR) is 206 cm³/mol. The number of morpholine rings is 1. The Kier molecular flexibility index (Phi) is 11.4. The van der Waals surface area contributed by atoms with E-state index in [1.165, 1.54) is 28.0 Å². The number of nitrogens with one attached hydrogen (secondary N) is 1. The van der Waals surface area contributed by atoms with Gasteiger partial charge in [0.15, 0.2) is 0 Å².